The zero-order valence-corrected chi connectivity index (χ0v) is 10.7. The van der Waals surface area contributed by atoms with Crippen molar-refractivity contribution in [1.29, 1.82) is 0 Å². The molecule has 0 radical (unpaired) electrons. The van der Waals surface area contributed by atoms with Crippen molar-refractivity contribution in [1.82, 2.24) is 10.2 Å². The number of fused-ring (bicyclic) bond motifs is 1. The van der Waals surface area contributed by atoms with Crippen LogP contribution in [0.4, 0.5) is 0 Å². The van der Waals surface area contributed by atoms with E-state index in [-0.39, 0.29) is 0 Å². The standard InChI is InChI=1S/C13H26N2O/c1-3-11(4-2)14-8-13-9-15-7-5-6-12(15)10-16-13/h11-14H,3-10H2,1-2H3. The second-order valence-corrected chi connectivity index (χ2v) is 5.17. The summed E-state index contributed by atoms with van der Waals surface area (Å²) in [4.78, 5) is 2.61. The summed E-state index contributed by atoms with van der Waals surface area (Å²) in [6, 6.07) is 1.39. The molecule has 2 aliphatic heterocycles. The average Bonchev–Trinajstić information content (AvgIpc) is 2.77. The topological polar surface area (TPSA) is 24.5 Å². The van der Waals surface area contributed by atoms with Crippen LogP contribution in [0.2, 0.25) is 0 Å². The first kappa shape index (κ1) is 12.3. The second kappa shape index (κ2) is 5.99. The molecule has 3 heteroatoms. The number of morpholine rings is 1. The van der Waals surface area contributed by atoms with Crippen LogP contribution in [0, 0.1) is 0 Å². The minimum atomic E-state index is 0.412. The van der Waals surface area contributed by atoms with Gasteiger partial charge in [0.1, 0.15) is 0 Å². The summed E-state index contributed by atoms with van der Waals surface area (Å²) in [7, 11) is 0. The van der Waals surface area contributed by atoms with E-state index in [4.69, 9.17) is 4.74 Å². The summed E-state index contributed by atoms with van der Waals surface area (Å²) in [5.41, 5.74) is 0. The maximum Gasteiger partial charge on any atom is 0.0827 e. The van der Waals surface area contributed by atoms with Gasteiger partial charge >= 0.3 is 0 Å². The van der Waals surface area contributed by atoms with E-state index in [0.29, 0.717) is 12.1 Å². The number of rotatable bonds is 5. The molecule has 94 valence electrons. The molecule has 0 amide bonds. The highest BCUT2D eigenvalue weighted by atomic mass is 16.5. The molecule has 0 aliphatic carbocycles. The van der Waals surface area contributed by atoms with Gasteiger partial charge in [-0.1, -0.05) is 13.8 Å². The van der Waals surface area contributed by atoms with Gasteiger partial charge in [-0.2, -0.15) is 0 Å². The summed E-state index contributed by atoms with van der Waals surface area (Å²) in [6.45, 7) is 8.90. The minimum absolute atomic E-state index is 0.412. The summed E-state index contributed by atoms with van der Waals surface area (Å²) in [5.74, 6) is 0. The molecular weight excluding hydrogens is 200 g/mol. The molecule has 0 spiro atoms. The third-order valence-corrected chi connectivity index (χ3v) is 4.08. The lowest BCUT2D eigenvalue weighted by molar-refractivity contribution is -0.0479. The Kier molecular flexibility index (Phi) is 4.62. The van der Waals surface area contributed by atoms with E-state index in [0.717, 1.165) is 25.7 Å². The van der Waals surface area contributed by atoms with Gasteiger partial charge in [0.25, 0.3) is 0 Å². The summed E-state index contributed by atoms with van der Waals surface area (Å²) < 4.78 is 5.93. The number of ether oxygens (including phenoxy) is 1. The highest BCUT2D eigenvalue weighted by molar-refractivity contribution is 4.86. The molecule has 2 unspecified atom stereocenters. The predicted molar refractivity (Wildman–Crippen MR) is 66.7 cm³/mol. The Morgan fingerprint density at radius 1 is 1.38 bits per heavy atom. The quantitative estimate of drug-likeness (QED) is 0.771. The maximum atomic E-state index is 5.93. The van der Waals surface area contributed by atoms with Gasteiger partial charge in [0, 0.05) is 25.2 Å². The molecule has 0 aromatic rings. The monoisotopic (exact) mass is 226 g/mol. The third-order valence-electron chi connectivity index (χ3n) is 4.08. The number of hydrogen-bond donors (Lipinski definition) is 1. The van der Waals surface area contributed by atoms with Crippen LogP contribution in [-0.2, 0) is 4.74 Å². The van der Waals surface area contributed by atoms with E-state index in [1.54, 1.807) is 0 Å². The van der Waals surface area contributed by atoms with Crippen LogP contribution in [-0.4, -0.2) is 49.3 Å². The Bertz CT molecular complexity index is 206. The SMILES string of the molecule is CCC(CC)NCC1CN2CCCC2CO1. The first-order valence-corrected chi connectivity index (χ1v) is 6.92. The molecule has 0 saturated carbocycles. The van der Waals surface area contributed by atoms with Crippen LogP contribution in [0.15, 0.2) is 0 Å². The lowest BCUT2D eigenvalue weighted by Crippen LogP contribution is -2.50. The maximum absolute atomic E-state index is 5.93. The van der Waals surface area contributed by atoms with Crippen LogP contribution >= 0.6 is 0 Å². The molecular formula is C13H26N2O. The molecule has 2 fully saturated rings. The molecule has 0 bridgehead atoms. The summed E-state index contributed by atoms with van der Waals surface area (Å²) in [6.07, 6.45) is 5.55. The van der Waals surface area contributed by atoms with E-state index in [1.807, 2.05) is 0 Å². The van der Waals surface area contributed by atoms with Crippen molar-refractivity contribution in [2.24, 2.45) is 0 Å². The zero-order chi connectivity index (χ0) is 11.4. The lowest BCUT2D eigenvalue weighted by Gasteiger charge is -2.35. The van der Waals surface area contributed by atoms with Crippen LogP contribution in [0.1, 0.15) is 39.5 Å². The summed E-state index contributed by atoms with van der Waals surface area (Å²) in [5, 5.41) is 3.62. The Morgan fingerprint density at radius 3 is 2.94 bits per heavy atom. The van der Waals surface area contributed by atoms with Gasteiger partial charge in [-0.25, -0.2) is 0 Å². The van der Waals surface area contributed by atoms with E-state index in [9.17, 15) is 0 Å². The second-order valence-electron chi connectivity index (χ2n) is 5.17. The van der Waals surface area contributed by atoms with Crippen molar-refractivity contribution in [3.05, 3.63) is 0 Å². The fourth-order valence-corrected chi connectivity index (χ4v) is 2.88. The first-order chi connectivity index (χ1) is 7.83. The first-order valence-electron chi connectivity index (χ1n) is 6.92. The van der Waals surface area contributed by atoms with Crippen molar-refractivity contribution in [2.75, 3.05) is 26.2 Å². The van der Waals surface area contributed by atoms with E-state index >= 15 is 0 Å². The normalized spacial score (nSPS) is 30.9. The molecule has 2 aliphatic rings. The predicted octanol–water partition coefficient (Wildman–Crippen LogP) is 1.63. The number of nitrogens with one attached hydrogen (secondary N) is 1. The Morgan fingerprint density at radius 2 is 2.19 bits per heavy atom. The molecule has 3 nitrogen and oxygen atoms in total. The van der Waals surface area contributed by atoms with Crippen molar-refractivity contribution < 1.29 is 4.74 Å². The van der Waals surface area contributed by atoms with Crippen LogP contribution in [0.3, 0.4) is 0 Å². The van der Waals surface area contributed by atoms with Gasteiger partial charge < -0.3 is 10.1 Å². The van der Waals surface area contributed by atoms with Gasteiger partial charge in [-0.3, -0.25) is 4.90 Å². The van der Waals surface area contributed by atoms with Crippen molar-refractivity contribution in [3.63, 3.8) is 0 Å². The number of nitrogens with zero attached hydrogens (tertiary/aromatic N) is 1. The number of hydrogen-bond acceptors (Lipinski definition) is 3. The zero-order valence-electron chi connectivity index (χ0n) is 10.7. The van der Waals surface area contributed by atoms with E-state index in [1.165, 1.54) is 32.2 Å². The van der Waals surface area contributed by atoms with Crippen molar-refractivity contribution in [3.8, 4) is 0 Å². The molecule has 2 heterocycles. The van der Waals surface area contributed by atoms with Gasteiger partial charge in [-0.05, 0) is 32.2 Å². The molecule has 1 N–H and O–H groups in total. The molecule has 0 aromatic carbocycles. The van der Waals surface area contributed by atoms with Crippen molar-refractivity contribution in [2.45, 2.75) is 57.7 Å². The lowest BCUT2D eigenvalue weighted by atomic mass is 10.1. The third kappa shape index (κ3) is 2.96. The van der Waals surface area contributed by atoms with Gasteiger partial charge in [0.05, 0.1) is 12.7 Å². The largest absolute Gasteiger partial charge is 0.374 e. The highest BCUT2D eigenvalue weighted by Crippen LogP contribution is 2.22. The van der Waals surface area contributed by atoms with Crippen LogP contribution in [0.25, 0.3) is 0 Å². The highest BCUT2D eigenvalue weighted by Gasteiger charge is 2.31. The minimum Gasteiger partial charge on any atom is -0.374 e. The molecule has 2 saturated heterocycles. The van der Waals surface area contributed by atoms with Crippen molar-refractivity contribution >= 4 is 0 Å². The van der Waals surface area contributed by atoms with Gasteiger partial charge in [0.2, 0.25) is 0 Å². The smallest absolute Gasteiger partial charge is 0.0827 e. The molecule has 16 heavy (non-hydrogen) atoms. The van der Waals surface area contributed by atoms with Crippen LogP contribution < -0.4 is 5.32 Å². The molecule has 2 rings (SSSR count). The Balaban J connectivity index is 1.70. The van der Waals surface area contributed by atoms with Gasteiger partial charge in [0.15, 0.2) is 0 Å². The van der Waals surface area contributed by atoms with Crippen LogP contribution in [0.5, 0.6) is 0 Å². The van der Waals surface area contributed by atoms with Gasteiger partial charge in [-0.15, -0.1) is 0 Å². The fourth-order valence-electron chi connectivity index (χ4n) is 2.88. The summed E-state index contributed by atoms with van der Waals surface area (Å²) >= 11 is 0. The van der Waals surface area contributed by atoms with E-state index in [2.05, 4.69) is 24.1 Å². The average molecular weight is 226 g/mol. The molecule has 2 atom stereocenters. The molecule has 0 aromatic heterocycles. The fraction of sp³-hybridized carbons (Fsp3) is 1.00. The Labute approximate surface area is 99.5 Å². The Hall–Kier alpha value is -0.120. The van der Waals surface area contributed by atoms with E-state index < -0.39 is 0 Å².